The SMILES string of the molecule is Cc1cnc(-c2cccc(S3(=O)=NCCC3)c2F)c(F)c1-n1c(C)cc([C@H]2C[C@@H]2c2cnn(C(F)F)c2)c(Cl)c1=O. The van der Waals surface area contributed by atoms with Crippen LogP contribution in [0.1, 0.15) is 53.6 Å². The quantitative estimate of drug-likeness (QED) is 0.234. The van der Waals surface area contributed by atoms with Gasteiger partial charge in [-0.15, -0.1) is 0 Å². The van der Waals surface area contributed by atoms with Gasteiger partial charge in [0.2, 0.25) is 0 Å². The lowest BCUT2D eigenvalue weighted by Crippen LogP contribution is -2.24. The zero-order valence-corrected chi connectivity index (χ0v) is 23.5. The summed E-state index contributed by atoms with van der Waals surface area (Å²) in [6.45, 7) is 0.806. The van der Waals surface area contributed by atoms with Gasteiger partial charge < -0.3 is 0 Å². The Morgan fingerprint density at radius 2 is 1.90 bits per heavy atom. The number of pyridine rings is 2. The highest BCUT2D eigenvalue weighted by molar-refractivity contribution is 7.93. The highest BCUT2D eigenvalue weighted by Gasteiger charge is 2.42. The van der Waals surface area contributed by atoms with Gasteiger partial charge in [0.25, 0.3) is 5.56 Å². The van der Waals surface area contributed by atoms with E-state index in [1.165, 1.54) is 36.8 Å². The first-order valence-electron chi connectivity index (χ1n) is 12.9. The van der Waals surface area contributed by atoms with Crippen LogP contribution in [0.2, 0.25) is 5.02 Å². The third-order valence-electron chi connectivity index (χ3n) is 7.64. The second-order valence-electron chi connectivity index (χ2n) is 10.3. The average Bonchev–Trinajstić information content (AvgIpc) is 3.33. The third kappa shape index (κ3) is 4.57. The van der Waals surface area contributed by atoms with Crippen LogP contribution in [0.25, 0.3) is 16.9 Å². The molecule has 0 bridgehead atoms. The number of hydrogen-bond acceptors (Lipinski definition) is 5. The van der Waals surface area contributed by atoms with Crippen LogP contribution in [0, 0.1) is 25.5 Å². The number of alkyl halides is 2. The molecule has 41 heavy (non-hydrogen) atoms. The van der Waals surface area contributed by atoms with E-state index >= 15 is 8.78 Å². The van der Waals surface area contributed by atoms with E-state index in [0.717, 1.165) is 4.57 Å². The number of halogens is 5. The molecule has 1 aliphatic carbocycles. The molecule has 3 atom stereocenters. The zero-order chi connectivity index (χ0) is 29.2. The minimum absolute atomic E-state index is 0.0883. The number of aromatic nitrogens is 4. The Bertz CT molecular complexity index is 1900. The molecule has 1 aromatic carbocycles. The van der Waals surface area contributed by atoms with E-state index in [9.17, 15) is 17.8 Å². The van der Waals surface area contributed by atoms with Crippen molar-refractivity contribution in [2.45, 2.75) is 50.0 Å². The van der Waals surface area contributed by atoms with Crippen molar-refractivity contribution >= 4 is 21.3 Å². The number of rotatable bonds is 6. The van der Waals surface area contributed by atoms with Crippen LogP contribution in [0.4, 0.5) is 17.6 Å². The van der Waals surface area contributed by atoms with Crippen LogP contribution in [-0.2, 0) is 9.73 Å². The second kappa shape index (κ2) is 10.1. The van der Waals surface area contributed by atoms with Crippen molar-refractivity contribution < 1.29 is 21.8 Å². The second-order valence-corrected chi connectivity index (χ2v) is 13.1. The van der Waals surface area contributed by atoms with Crippen LogP contribution < -0.4 is 5.56 Å². The molecule has 0 amide bonds. The predicted octanol–water partition coefficient (Wildman–Crippen LogP) is 6.54. The minimum Gasteiger partial charge on any atom is -0.277 e. The fraction of sp³-hybridized carbons (Fsp3) is 0.321. The summed E-state index contributed by atoms with van der Waals surface area (Å²) in [5, 5.41) is 3.56. The molecule has 6 rings (SSSR count). The Kier molecular flexibility index (Phi) is 6.80. The summed E-state index contributed by atoms with van der Waals surface area (Å²) in [7, 11) is -2.95. The summed E-state index contributed by atoms with van der Waals surface area (Å²) in [5.74, 6) is -1.89. The average molecular weight is 606 g/mol. The predicted molar refractivity (Wildman–Crippen MR) is 146 cm³/mol. The van der Waals surface area contributed by atoms with Crippen molar-refractivity contribution in [3.05, 3.63) is 92.3 Å². The van der Waals surface area contributed by atoms with Crippen molar-refractivity contribution in [3.8, 4) is 16.9 Å². The standard InChI is InChI=1S/C28H24ClF4N5O2S/c1-14-11-34-25(17-5-3-6-21(23(17)30)41(40)8-4-7-36-41)24(31)26(14)38-15(2)9-20(22(29)27(38)39)19-10-18(19)16-12-35-37(13-16)28(32)33/h3,5-6,9,11-13,18-19,28H,4,7-8,10H2,1-2H3/t18-,19+,41?/m1/s1. The van der Waals surface area contributed by atoms with Gasteiger partial charge in [0.15, 0.2) is 5.82 Å². The molecule has 13 heteroatoms. The van der Waals surface area contributed by atoms with E-state index in [2.05, 4.69) is 14.4 Å². The first-order valence-corrected chi connectivity index (χ1v) is 15.0. The van der Waals surface area contributed by atoms with Crippen LogP contribution in [0.3, 0.4) is 0 Å². The maximum absolute atomic E-state index is 16.2. The molecule has 4 aromatic rings. The summed E-state index contributed by atoms with van der Waals surface area (Å²) in [5.41, 5.74) is 0.523. The Morgan fingerprint density at radius 3 is 2.59 bits per heavy atom. The summed E-state index contributed by atoms with van der Waals surface area (Å²) < 4.78 is 76.8. The van der Waals surface area contributed by atoms with Crippen LogP contribution in [0.15, 0.2) is 56.9 Å². The van der Waals surface area contributed by atoms with Gasteiger partial charge in [0.05, 0.1) is 26.5 Å². The summed E-state index contributed by atoms with van der Waals surface area (Å²) in [4.78, 5) is 17.6. The molecular weight excluding hydrogens is 582 g/mol. The Balaban J connectivity index is 1.42. The molecule has 4 heterocycles. The van der Waals surface area contributed by atoms with Gasteiger partial charge >= 0.3 is 6.55 Å². The molecule has 1 fully saturated rings. The lowest BCUT2D eigenvalue weighted by molar-refractivity contribution is 0.0565. The molecule has 3 aromatic heterocycles. The Morgan fingerprint density at radius 1 is 1.12 bits per heavy atom. The van der Waals surface area contributed by atoms with Gasteiger partial charge in [-0.2, -0.15) is 13.9 Å². The highest BCUT2D eigenvalue weighted by Crippen LogP contribution is 2.56. The van der Waals surface area contributed by atoms with Gasteiger partial charge in [0, 0.05) is 35.9 Å². The molecule has 0 radical (unpaired) electrons. The number of benzene rings is 1. The normalized spacial score (nSPS) is 21.9. The molecular formula is C28H24ClF4N5O2S. The minimum atomic E-state index is -2.95. The lowest BCUT2D eigenvalue weighted by Gasteiger charge is -2.18. The van der Waals surface area contributed by atoms with Crippen molar-refractivity contribution in [2.75, 3.05) is 12.3 Å². The van der Waals surface area contributed by atoms with Crippen molar-refractivity contribution in [1.82, 2.24) is 19.3 Å². The summed E-state index contributed by atoms with van der Waals surface area (Å²) in [6, 6.07) is 5.89. The van der Waals surface area contributed by atoms with Crippen LogP contribution in [0.5, 0.6) is 0 Å². The third-order valence-corrected chi connectivity index (χ3v) is 10.5. The summed E-state index contributed by atoms with van der Waals surface area (Å²) >= 11 is 6.54. The lowest BCUT2D eigenvalue weighted by atomic mass is 10.0. The van der Waals surface area contributed by atoms with Gasteiger partial charge in [0.1, 0.15) is 16.5 Å². The molecule has 1 saturated carbocycles. The van der Waals surface area contributed by atoms with Crippen molar-refractivity contribution in [2.24, 2.45) is 4.36 Å². The largest absolute Gasteiger partial charge is 0.333 e. The monoisotopic (exact) mass is 605 g/mol. The first-order chi connectivity index (χ1) is 19.5. The van der Waals surface area contributed by atoms with Crippen molar-refractivity contribution in [1.29, 1.82) is 0 Å². The van der Waals surface area contributed by atoms with Gasteiger partial charge in [-0.3, -0.25) is 14.3 Å². The molecule has 0 saturated heterocycles. The topological polar surface area (TPSA) is 82.1 Å². The maximum atomic E-state index is 16.2. The van der Waals surface area contributed by atoms with E-state index in [1.54, 1.807) is 19.9 Å². The zero-order valence-electron chi connectivity index (χ0n) is 22.0. The van der Waals surface area contributed by atoms with E-state index in [0.29, 0.717) is 46.5 Å². The van der Waals surface area contributed by atoms with E-state index in [-0.39, 0.29) is 44.5 Å². The molecule has 1 unspecified atom stereocenters. The fourth-order valence-electron chi connectivity index (χ4n) is 5.52. The number of hydrogen-bond donors (Lipinski definition) is 0. The van der Waals surface area contributed by atoms with Crippen LogP contribution >= 0.6 is 11.6 Å². The molecule has 2 aliphatic rings. The molecule has 1 aliphatic heterocycles. The molecule has 214 valence electrons. The highest BCUT2D eigenvalue weighted by atomic mass is 35.5. The first kappa shape index (κ1) is 27.6. The number of aryl methyl sites for hydroxylation is 2. The van der Waals surface area contributed by atoms with Gasteiger partial charge in [-0.05, 0) is 73.4 Å². The molecule has 0 N–H and O–H groups in total. The fourth-order valence-corrected chi connectivity index (χ4v) is 7.92. The number of nitrogens with zero attached hydrogens (tertiary/aromatic N) is 5. The van der Waals surface area contributed by atoms with Gasteiger partial charge in [-0.1, -0.05) is 17.7 Å². The van der Waals surface area contributed by atoms with E-state index in [1.807, 2.05) is 0 Å². The Labute approximate surface area is 238 Å². The van der Waals surface area contributed by atoms with Gasteiger partial charge in [-0.25, -0.2) is 22.0 Å². The molecule has 7 nitrogen and oxygen atoms in total. The van der Waals surface area contributed by atoms with E-state index < -0.39 is 33.5 Å². The Hall–Kier alpha value is -3.51. The van der Waals surface area contributed by atoms with Crippen molar-refractivity contribution in [3.63, 3.8) is 0 Å². The molecule has 0 spiro atoms. The smallest absolute Gasteiger partial charge is 0.277 e. The maximum Gasteiger partial charge on any atom is 0.333 e. The van der Waals surface area contributed by atoms with Crippen LogP contribution in [-0.4, -0.2) is 35.8 Å². The summed E-state index contributed by atoms with van der Waals surface area (Å²) in [6.07, 6.45) is 5.16. The van der Waals surface area contributed by atoms with E-state index in [4.69, 9.17) is 11.6 Å².